The van der Waals surface area contributed by atoms with Crippen LogP contribution in [0.3, 0.4) is 0 Å². The van der Waals surface area contributed by atoms with Gasteiger partial charge in [-0.25, -0.2) is 8.42 Å². The molecular formula is C20H24ClN3O5S. The van der Waals surface area contributed by atoms with Crippen LogP contribution < -0.4 is 14.9 Å². The SMILES string of the molecule is COCCCNC(=O)c1ccccc1NC(=O)CN(c1cccc(Cl)c1)S(C)(=O)=O. The molecule has 2 rings (SSSR count). The van der Waals surface area contributed by atoms with Crippen molar-refractivity contribution in [2.24, 2.45) is 0 Å². The Morgan fingerprint density at radius 2 is 1.87 bits per heavy atom. The molecule has 0 unspecified atom stereocenters. The van der Waals surface area contributed by atoms with Gasteiger partial charge in [-0.3, -0.25) is 13.9 Å². The predicted molar refractivity (Wildman–Crippen MR) is 118 cm³/mol. The van der Waals surface area contributed by atoms with Crippen molar-refractivity contribution < 1.29 is 22.7 Å². The summed E-state index contributed by atoms with van der Waals surface area (Å²) in [5.41, 5.74) is 0.826. The number of para-hydroxylation sites is 1. The second kappa shape index (κ2) is 11.0. The van der Waals surface area contributed by atoms with E-state index in [0.717, 1.165) is 10.6 Å². The summed E-state index contributed by atoms with van der Waals surface area (Å²) in [7, 11) is -2.16. The normalized spacial score (nSPS) is 11.0. The van der Waals surface area contributed by atoms with Gasteiger partial charge in [0.05, 0.1) is 23.2 Å². The molecule has 0 aromatic heterocycles. The molecule has 2 amide bonds. The fraction of sp³-hybridized carbons (Fsp3) is 0.300. The average molecular weight is 454 g/mol. The highest BCUT2D eigenvalue weighted by molar-refractivity contribution is 7.92. The van der Waals surface area contributed by atoms with Crippen molar-refractivity contribution in [3.8, 4) is 0 Å². The summed E-state index contributed by atoms with van der Waals surface area (Å²) in [6.45, 7) is 0.470. The van der Waals surface area contributed by atoms with E-state index in [4.69, 9.17) is 16.3 Å². The summed E-state index contributed by atoms with van der Waals surface area (Å²) in [6, 6.07) is 12.7. The van der Waals surface area contributed by atoms with Gasteiger partial charge >= 0.3 is 0 Å². The highest BCUT2D eigenvalue weighted by Gasteiger charge is 2.22. The van der Waals surface area contributed by atoms with E-state index in [2.05, 4.69) is 10.6 Å². The molecule has 0 saturated heterocycles. The van der Waals surface area contributed by atoms with Crippen LogP contribution in [0.25, 0.3) is 0 Å². The molecule has 0 saturated carbocycles. The molecule has 0 aliphatic carbocycles. The van der Waals surface area contributed by atoms with Gasteiger partial charge in [0.1, 0.15) is 6.54 Å². The van der Waals surface area contributed by atoms with Crippen molar-refractivity contribution in [3.63, 3.8) is 0 Å². The maximum atomic E-state index is 12.6. The van der Waals surface area contributed by atoms with Crippen molar-refractivity contribution in [1.29, 1.82) is 0 Å². The molecule has 0 atom stereocenters. The lowest BCUT2D eigenvalue weighted by molar-refractivity contribution is -0.114. The Bertz CT molecular complexity index is 997. The Morgan fingerprint density at radius 3 is 2.53 bits per heavy atom. The Balaban J connectivity index is 2.14. The molecule has 0 spiro atoms. The zero-order chi connectivity index (χ0) is 22.1. The summed E-state index contributed by atoms with van der Waals surface area (Å²) >= 11 is 5.95. The summed E-state index contributed by atoms with van der Waals surface area (Å²) < 4.78 is 30.3. The number of carbonyl (C=O) groups is 2. The number of carbonyl (C=O) groups excluding carboxylic acids is 2. The summed E-state index contributed by atoms with van der Waals surface area (Å²) in [5.74, 6) is -0.947. The number of ether oxygens (including phenoxy) is 1. The number of hydrogen-bond acceptors (Lipinski definition) is 5. The monoisotopic (exact) mass is 453 g/mol. The second-order valence-corrected chi connectivity index (χ2v) is 8.79. The molecule has 2 N–H and O–H groups in total. The van der Waals surface area contributed by atoms with Gasteiger partial charge in [0.2, 0.25) is 15.9 Å². The fourth-order valence-electron chi connectivity index (χ4n) is 2.66. The van der Waals surface area contributed by atoms with Gasteiger partial charge in [0.25, 0.3) is 5.91 Å². The van der Waals surface area contributed by atoms with Crippen molar-refractivity contribution in [2.75, 3.05) is 42.7 Å². The van der Waals surface area contributed by atoms with Crippen LogP contribution in [0, 0.1) is 0 Å². The lowest BCUT2D eigenvalue weighted by atomic mass is 10.1. The van der Waals surface area contributed by atoms with Crippen molar-refractivity contribution in [3.05, 3.63) is 59.1 Å². The van der Waals surface area contributed by atoms with Crippen LogP contribution in [0.5, 0.6) is 0 Å². The lowest BCUT2D eigenvalue weighted by Gasteiger charge is -2.22. The van der Waals surface area contributed by atoms with E-state index in [-0.39, 0.29) is 22.8 Å². The number of nitrogens with one attached hydrogen (secondary N) is 2. The Kier molecular flexibility index (Phi) is 8.64. The third-order valence-electron chi connectivity index (χ3n) is 4.04. The van der Waals surface area contributed by atoms with Gasteiger partial charge in [0.15, 0.2) is 0 Å². The number of benzene rings is 2. The zero-order valence-corrected chi connectivity index (χ0v) is 18.3. The maximum Gasteiger partial charge on any atom is 0.253 e. The van der Waals surface area contributed by atoms with Crippen LogP contribution in [-0.4, -0.2) is 53.3 Å². The van der Waals surface area contributed by atoms with Crippen LogP contribution in [0.1, 0.15) is 16.8 Å². The van der Waals surface area contributed by atoms with Gasteiger partial charge in [-0.15, -0.1) is 0 Å². The number of amides is 2. The quantitative estimate of drug-likeness (QED) is 0.538. The maximum absolute atomic E-state index is 12.6. The minimum atomic E-state index is -3.74. The van der Waals surface area contributed by atoms with Crippen LogP contribution >= 0.6 is 11.6 Å². The van der Waals surface area contributed by atoms with E-state index in [0.29, 0.717) is 24.6 Å². The predicted octanol–water partition coefficient (Wildman–Crippen LogP) is 2.51. The summed E-state index contributed by atoms with van der Waals surface area (Å²) in [4.78, 5) is 25.0. The smallest absolute Gasteiger partial charge is 0.253 e. The molecule has 0 aliphatic rings. The molecule has 2 aromatic carbocycles. The Hall–Kier alpha value is -2.62. The largest absolute Gasteiger partial charge is 0.385 e. The molecule has 30 heavy (non-hydrogen) atoms. The summed E-state index contributed by atoms with van der Waals surface area (Å²) in [6.07, 6.45) is 1.66. The highest BCUT2D eigenvalue weighted by atomic mass is 35.5. The third-order valence-corrected chi connectivity index (χ3v) is 5.42. The molecule has 2 aromatic rings. The first kappa shape index (κ1) is 23.7. The number of sulfonamides is 1. The van der Waals surface area contributed by atoms with E-state index < -0.39 is 22.5 Å². The Labute approximate surface area is 181 Å². The van der Waals surface area contributed by atoms with Crippen molar-refractivity contribution >= 4 is 44.8 Å². The second-order valence-electron chi connectivity index (χ2n) is 6.45. The van der Waals surface area contributed by atoms with Gasteiger partial charge in [-0.1, -0.05) is 29.8 Å². The number of halogens is 1. The lowest BCUT2D eigenvalue weighted by Crippen LogP contribution is -2.37. The molecule has 10 heteroatoms. The fourth-order valence-corrected chi connectivity index (χ4v) is 3.69. The number of hydrogen-bond donors (Lipinski definition) is 2. The number of nitrogens with zero attached hydrogens (tertiary/aromatic N) is 1. The number of anilines is 2. The first-order chi connectivity index (χ1) is 14.2. The minimum Gasteiger partial charge on any atom is -0.385 e. The highest BCUT2D eigenvalue weighted by Crippen LogP contribution is 2.22. The average Bonchev–Trinajstić information content (AvgIpc) is 2.69. The molecule has 0 radical (unpaired) electrons. The van der Waals surface area contributed by atoms with Gasteiger partial charge in [-0.05, 0) is 36.8 Å². The zero-order valence-electron chi connectivity index (χ0n) is 16.7. The molecule has 0 heterocycles. The van der Waals surface area contributed by atoms with E-state index in [9.17, 15) is 18.0 Å². The topological polar surface area (TPSA) is 105 Å². The molecule has 8 nitrogen and oxygen atoms in total. The molecular weight excluding hydrogens is 430 g/mol. The minimum absolute atomic E-state index is 0.268. The molecule has 0 fully saturated rings. The van der Waals surface area contributed by atoms with Gasteiger partial charge < -0.3 is 15.4 Å². The van der Waals surface area contributed by atoms with E-state index in [1.54, 1.807) is 49.6 Å². The van der Waals surface area contributed by atoms with Crippen LogP contribution in [-0.2, 0) is 19.6 Å². The standard InChI is InChI=1S/C20H24ClN3O5S/c1-29-12-6-11-22-20(26)17-9-3-4-10-18(17)23-19(25)14-24(30(2,27)28)16-8-5-7-15(21)13-16/h3-5,7-10,13H,6,11-12,14H2,1-2H3,(H,22,26)(H,23,25). The molecule has 0 bridgehead atoms. The summed E-state index contributed by atoms with van der Waals surface area (Å²) in [5, 5.41) is 5.71. The first-order valence-electron chi connectivity index (χ1n) is 9.11. The number of rotatable bonds is 10. The van der Waals surface area contributed by atoms with Gasteiger partial charge in [-0.2, -0.15) is 0 Å². The molecule has 0 aliphatic heterocycles. The van der Waals surface area contributed by atoms with E-state index in [1.165, 1.54) is 6.07 Å². The number of methoxy groups -OCH3 is 1. The van der Waals surface area contributed by atoms with Crippen molar-refractivity contribution in [2.45, 2.75) is 6.42 Å². The van der Waals surface area contributed by atoms with Crippen LogP contribution in [0.15, 0.2) is 48.5 Å². The van der Waals surface area contributed by atoms with E-state index >= 15 is 0 Å². The molecule has 162 valence electrons. The van der Waals surface area contributed by atoms with E-state index in [1.807, 2.05) is 0 Å². The third kappa shape index (κ3) is 7.01. The van der Waals surface area contributed by atoms with Crippen LogP contribution in [0.4, 0.5) is 11.4 Å². The first-order valence-corrected chi connectivity index (χ1v) is 11.3. The van der Waals surface area contributed by atoms with Crippen LogP contribution in [0.2, 0.25) is 5.02 Å². The van der Waals surface area contributed by atoms with Crippen molar-refractivity contribution in [1.82, 2.24) is 5.32 Å². The Morgan fingerprint density at radius 1 is 1.13 bits per heavy atom. The van der Waals surface area contributed by atoms with Gasteiger partial charge in [0, 0.05) is 25.3 Å².